The highest BCUT2D eigenvalue weighted by Crippen LogP contribution is 2.15. The lowest BCUT2D eigenvalue weighted by Crippen LogP contribution is -2.51. The Bertz CT molecular complexity index is 531. The average molecular weight is 333 g/mol. The lowest BCUT2D eigenvalue weighted by atomic mass is 10.1. The molecule has 2 fully saturated rings. The summed E-state index contributed by atoms with van der Waals surface area (Å²) in [5.74, 6) is 0.937. The van der Waals surface area contributed by atoms with E-state index in [1.165, 1.54) is 0 Å². The van der Waals surface area contributed by atoms with Gasteiger partial charge in [-0.1, -0.05) is 0 Å². The predicted molar refractivity (Wildman–Crippen MR) is 91.9 cm³/mol. The maximum Gasteiger partial charge on any atom is 0.225 e. The normalized spacial score (nSPS) is 22.9. The van der Waals surface area contributed by atoms with Crippen LogP contribution in [-0.4, -0.2) is 83.7 Å². The fourth-order valence-corrected chi connectivity index (χ4v) is 3.27. The molecule has 0 aromatic carbocycles. The molecule has 0 bridgehead atoms. The molecule has 0 aliphatic carbocycles. The second-order valence-corrected chi connectivity index (χ2v) is 6.70. The van der Waals surface area contributed by atoms with Crippen LogP contribution < -0.4 is 4.90 Å². The number of rotatable bonds is 4. The highest BCUT2D eigenvalue weighted by atomic mass is 16.5. The number of morpholine rings is 1. The Morgan fingerprint density at radius 3 is 2.58 bits per heavy atom. The van der Waals surface area contributed by atoms with Crippen LogP contribution in [0.1, 0.15) is 20.3 Å². The standard InChI is InChI=1S/C17H27N5O2/c1-14(2)22-10-11-24-15(13-22)12-16(23)20-6-8-21(9-7-20)17-18-4-3-5-19-17/h3-5,14-15H,6-13H2,1-2H3. The fraction of sp³-hybridized carbons (Fsp3) is 0.706. The van der Waals surface area contributed by atoms with Gasteiger partial charge in [-0.15, -0.1) is 0 Å². The molecular weight excluding hydrogens is 306 g/mol. The maximum atomic E-state index is 12.6. The van der Waals surface area contributed by atoms with Crippen LogP contribution in [0.15, 0.2) is 18.5 Å². The van der Waals surface area contributed by atoms with Gasteiger partial charge in [0.1, 0.15) is 0 Å². The van der Waals surface area contributed by atoms with E-state index in [4.69, 9.17) is 4.74 Å². The number of piperazine rings is 1. The molecule has 7 heteroatoms. The first-order valence-corrected chi connectivity index (χ1v) is 8.79. The van der Waals surface area contributed by atoms with E-state index in [1.54, 1.807) is 12.4 Å². The summed E-state index contributed by atoms with van der Waals surface area (Å²) in [5, 5.41) is 0. The second kappa shape index (κ2) is 7.90. The molecule has 0 saturated carbocycles. The summed E-state index contributed by atoms with van der Waals surface area (Å²) in [5.41, 5.74) is 0. The summed E-state index contributed by atoms with van der Waals surface area (Å²) < 4.78 is 5.79. The van der Waals surface area contributed by atoms with Crippen LogP contribution in [0.5, 0.6) is 0 Å². The van der Waals surface area contributed by atoms with Crippen molar-refractivity contribution in [1.29, 1.82) is 0 Å². The van der Waals surface area contributed by atoms with Gasteiger partial charge >= 0.3 is 0 Å². The Morgan fingerprint density at radius 2 is 1.92 bits per heavy atom. The smallest absolute Gasteiger partial charge is 0.225 e. The number of nitrogens with zero attached hydrogens (tertiary/aromatic N) is 5. The van der Waals surface area contributed by atoms with Gasteiger partial charge in [-0.25, -0.2) is 9.97 Å². The fourth-order valence-electron chi connectivity index (χ4n) is 3.27. The second-order valence-electron chi connectivity index (χ2n) is 6.70. The van der Waals surface area contributed by atoms with Crippen LogP contribution in [0, 0.1) is 0 Å². The van der Waals surface area contributed by atoms with Gasteiger partial charge in [-0.3, -0.25) is 9.69 Å². The molecule has 1 aromatic rings. The van der Waals surface area contributed by atoms with Crippen molar-refractivity contribution in [2.75, 3.05) is 50.8 Å². The van der Waals surface area contributed by atoms with E-state index in [2.05, 4.69) is 33.6 Å². The van der Waals surface area contributed by atoms with Gasteiger partial charge in [0, 0.05) is 57.7 Å². The predicted octanol–water partition coefficient (Wildman–Crippen LogP) is 0.625. The summed E-state index contributed by atoms with van der Waals surface area (Å²) in [7, 11) is 0. The largest absolute Gasteiger partial charge is 0.375 e. The number of ether oxygens (including phenoxy) is 1. The Labute approximate surface area is 143 Å². The lowest BCUT2D eigenvalue weighted by Gasteiger charge is -2.38. The van der Waals surface area contributed by atoms with Crippen LogP contribution in [0.25, 0.3) is 0 Å². The van der Waals surface area contributed by atoms with Gasteiger partial charge in [0.15, 0.2) is 0 Å². The number of hydrogen-bond acceptors (Lipinski definition) is 6. The van der Waals surface area contributed by atoms with Gasteiger partial charge in [0.05, 0.1) is 19.1 Å². The first kappa shape index (κ1) is 17.1. The first-order valence-electron chi connectivity index (χ1n) is 8.79. The molecule has 2 saturated heterocycles. The maximum absolute atomic E-state index is 12.6. The Balaban J connectivity index is 1.47. The third-order valence-electron chi connectivity index (χ3n) is 4.77. The average Bonchev–Trinajstić information content (AvgIpc) is 2.63. The minimum Gasteiger partial charge on any atom is -0.375 e. The third-order valence-corrected chi connectivity index (χ3v) is 4.77. The van der Waals surface area contributed by atoms with Gasteiger partial charge < -0.3 is 14.5 Å². The van der Waals surface area contributed by atoms with Crippen molar-refractivity contribution in [3.63, 3.8) is 0 Å². The lowest BCUT2D eigenvalue weighted by molar-refractivity contribution is -0.136. The molecule has 24 heavy (non-hydrogen) atoms. The van der Waals surface area contributed by atoms with Crippen LogP contribution in [0.3, 0.4) is 0 Å². The van der Waals surface area contributed by atoms with Gasteiger partial charge in [-0.2, -0.15) is 0 Å². The Morgan fingerprint density at radius 1 is 1.21 bits per heavy atom. The van der Waals surface area contributed by atoms with Crippen LogP contribution in [-0.2, 0) is 9.53 Å². The van der Waals surface area contributed by atoms with Gasteiger partial charge in [0.2, 0.25) is 11.9 Å². The summed E-state index contributed by atoms with van der Waals surface area (Å²) in [6, 6.07) is 2.31. The zero-order valence-corrected chi connectivity index (χ0v) is 14.6. The quantitative estimate of drug-likeness (QED) is 0.805. The summed E-state index contributed by atoms with van der Waals surface area (Å²) in [4.78, 5) is 27.6. The minimum atomic E-state index is 0.0177. The van der Waals surface area contributed by atoms with Gasteiger partial charge in [-0.05, 0) is 19.9 Å². The Kier molecular flexibility index (Phi) is 5.63. The van der Waals surface area contributed by atoms with Crippen molar-refractivity contribution in [3.05, 3.63) is 18.5 Å². The van der Waals surface area contributed by atoms with E-state index in [0.29, 0.717) is 12.5 Å². The van der Waals surface area contributed by atoms with Crippen LogP contribution in [0.4, 0.5) is 5.95 Å². The number of aromatic nitrogens is 2. The molecule has 132 valence electrons. The van der Waals surface area contributed by atoms with E-state index < -0.39 is 0 Å². The van der Waals surface area contributed by atoms with Crippen LogP contribution >= 0.6 is 0 Å². The van der Waals surface area contributed by atoms with E-state index in [0.717, 1.165) is 51.8 Å². The van der Waals surface area contributed by atoms with Crippen molar-refractivity contribution in [1.82, 2.24) is 19.8 Å². The van der Waals surface area contributed by atoms with Crippen molar-refractivity contribution < 1.29 is 9.53 Å². The minimum absolute atomic E-state index is 0.0177. The van der Waals surface area contributed by atoms with Crippen molar-refractivity contribution in [2.45, 2.75) is 32.4 Å². The molecular formula is C17H27N5O2. The number of carbonyl (C=O) groups is 1. The number of amides is 1. The van der Waals surface area contributed by atoms with Crippen molar-refractivity contribution in [2.24, 2.45) is 0 Å². The highest BCUT2D eigenvalue weighted by Gasteiger charge is 2.28. The number of carbonyl (C=O) groups excluding carboxylic acids is 1. The number of hydrogen-bond donors (Lipinski definition) is 0. The van der Waals surface area contributed by atoms with E-state index >= 15 is 0 Å². The molecule has 2 aliphatic rings. The molecule has 0 spiro atoms. The zero-order chi connectivity index (χ0) is 16.9. The van der Waals surface area contributed by atoms with E-state index in [9.17, 15) is 4.79 Å². The summed E-state index contributed by atoms with van der Waals surface area (Å²) >= 11 is 0. The van der Waals surface area contributed by atoms with Crippen molar-refractivity contribution >= 4 is 11.9 Å². The Hall–Kier alpha value is -1.73. The number of anilines is 1. The summed E-state index contributed by atoms with van der Waals surface area (Å²) in [6.45, 7) is 9.90. The molecule has 0 N–H and O–H groups in total. The zero-order valence-electron chi connectivity index (χ0n) is 14.6. The molecule has 1 aromatic heterocycles. The first-order chi connectivity index (χ1) is 11.6. The van der Waals surface area contributed by atoms with Crippen LogP contribution in [0.2, 0.25) is 0 Å². The topological polar surface area (TPSA) is 61.8 Å². The molecule has 2 aliphatic heterocycles. The molecule has 1 amide bonds. The molecule has 3 heterocycles. The highest BCUT2D eigenvalue weighted by molar-refractivity contribution is 5.77. The molecule has 3 rings (SSSR count). The third kappa shape index (κ3) is 4.21. The molecule has 1 atom stereocenters. The van der Waals surface area contributed by atoms with Crippen molar-refractivity contribution in [3.8, 4) is 0 Å². The van der Waals surface area contributed by atoms with E-state index in [1.807, 2.05) is 11.0 Å². The van der Waals surface area contributed by atoms with Gasteiger partial charge in [0.25, 0.3) is 0 Å². The summed E-state index contributed by atoms with van der Waals surface area (Å²) in [6.07, 6.45) is 4.00. The monoisotopic (exact) mass is 333 g/mol. The molecule has 7 nitrogen and oxygen atoms in total. The SMILES string of the molecule is CC(C)N1CCOC(CC(=O)N2CCN(c3ncccn3)CC2)C1. The van der Waals surface area contributed by atoms with E-state index in [-0.39, 0.29) is 12.0 Å². The molecule has 1 unspecified atom stereocenters. The molecule has 0 radical (unpaired) electrons.